The zero-order chi connectivity index (χ0) is 28.7. The van der Waals surface area contributed by atoms with E-state index in [0.717, 1.165) is 16.8 Å². The number of pyridine rings is 2. The number of hydrogen-bond donors (Lipinski definition) is 2. The van der Waals surface area contributed by atoms with Crippen molar-refractivity contribution in [1.82, 2.24) is 29.5 Å². The molecule has 40 heavy (non-hydrogen) atoms. The molecule has 0 aliphatic carbocycles. The molecule has 0 aliphatic heterocycles. The Bertz CT molecular complexity index is 1830. The third-order valence-corrected chi connectivity index (χ3v) is 6.72. The van der Waals surface area contributed by atoms with Gasteiger partial charge in [0.05, 0.1) is 34.0 Å². The summed E-state index contributed by atoms with van der Waals surface area (Å²) < 4.78 is 1.50. The Balaban J connectivity index is 1.60. The van der Waals surface area contributed by atoms with E-state index in [1.54, 1.807) is 25.4 Å². The number of nitrogens with zero attached hydrogens (tertiary/aromatic N) is 6. The molecule has 10 nitrogen and oxygen atoms in total. The average molecular weight is 556 g/mol. The van der Waals surface area contributed by atoms with E-state index in [2.05, 4.69) is 25.3 Å². The second-order valence-corrected chi connectivity index (χ2v) is 10.0. The largest absolute Gasteiger partial charge is 0.476 e. The quantitative estimate of drug-likeness (QED) is 0.267. The van der Waals surface area contributed by atoms with Gasteiger partial charge in [-0.05, 0) is 69.7 Å². The zero-order valence-electron chi connectivity index (χ0n) is 22.5. The molecule has 11 heteroatoms. The van der Waals surface area contributed by atoms with Gasteiger partial charge in [0.15, 0.2) is 5.69 Å². The lowest BCUT2D eigenvalue weighted by atomic mass is 10.0. The van der Waals surface area contributed by atoms with Crippen LogP contribution in [0.2, 0.25) is 5.15 Å². The van der Waals surface area contributed by atoms with Crippen molar-refractivity contribution in [2.45, 2.75) is 33.7 Å². The van der Waals surface area contributed by atoms with Gasteiger partial charge in [-0.2, -0.15) is 0 Å². The first-order chi connectivity index (χ1) is 19.0. The Labute approximate surface area is 234 Å². The van der Waals surface area contributed by atoms with Crippen molar-refractivity contribution >= 4 is 34.2 Å². The van der Waals surface area contributed by atoms with Gasteiger partial charge < -0.3 is 10.4 Å². The minimum Gasteiger partial charge on any atom is -0.476 e. The number of aromatic carboxylic acids is 1. The van der Waals surface area contributed by atoms with E-state index in [1.807, 2.05) is 52.0 Å². The summed E-state index contributed by atoms with van der Waals surface area (Å²) >= 11 is 5.92. The number of fused-ring (bicyclic) bond motifs is 1. The van der Waals surface area contributed by atoms with Crippen molar-refractivity contribution in [1.29, 1.82) is 0 Å². The van der Waals surface area contributed by atoms with E-state index in [0.29, 0.717) is 45.2 Å². The molecule has 0 aliphatic rings. The fourth-order valence-electron chi connectivity index (χ4n) is 4.69. The standard InChI is InChI=1S/C29H26ClN7O3/c1-14-10-19(16(3)33-22-8-9-24(30)35-26(22)29(39)40)25-20(11-14)28(38)37(5)27(36-25)18-6-7-21(31-13-18)23-12-15(2)32-17(4)34-23/h6-13,16,33H,1-5H3,(H,39,40)/t16-/m1/s1. The Morgan fingerprint density at radius 2 is 1.77 bits per heavy atom. The summed E-state index contributed by atoms with van der Waals surface area (Å²) in [6, 6.07) is 12.0. The molecule has 0 bridgehead atoms. The SMILES string of the molecule is Cc1cc([C@@H](C)Nc2ccc(Cl)nc2C(=O)O)c2nc(-c3ccc(-c4cc(C)nc(C)n4)nc3)n(C)c(=O)c2c1. The molecule has 4 aromatic heterocycles. The van der Waals surface area contributed by atoms with E-state index >= 15 is 0 Å². The number of carbonyl (C=O) groups is 1. The fraction of sp³-hybridized carbons (Fsp3) is 0.207. The van der Waals surface area contributed by atoms with Gasteiger partial charge in [-0.15, -0.1) is 0 Å². The van der Waals surface area contributed by atoms with Crippen LogP contribution in [0.3, 0.4) is 0 Å². The first-order valence-corrected chi connectivity index (χ1v) is 12.9. The highest BCUT2D eigenvalue weighted by molar-refractivity contribution is 6.29. The maximum absolute atomic E-state index is 13.5. The number of aryl methyl sites for hydroxylation is 3. The summed E-state index contributed by atoms with van der Waals surface area (Å²) in [6.45, 7) is 7.51. The van der Waals surface area contributed by atoms with Crippen molar-refractivity contribution in [3.05, 3.63) is 92.5 Å². The summed E-state index contributed by atoms with van der Waals surface area (Å²) in [5.41, 5.74) is 4.93. The van der Waals surface area contributed by atoms with Gasteiger partial charge in [-0.1, -0.05) is 17.7 Å². The second kappa shape index (κ2) is 10.5. The molecule has 0 spiro atoms. The number of benzene rings is 1. The summed E-state index contributed by atoms with van der Waals surface area (Å²) in [7, 11) is 1.68. The van der Waals surface area contributed by atoms with Crippen molar-refractivity contribution in [3.63, 3.8) is 0 Å². The van der Waals surface area contributed by atoms with Crippen molar-refractivity contribution in [2.24, 2.45) is 7.05 Å². The summed E-state index contributed by atoms with van der Waals surface area (Å²) in [5, 5.41) is 13.4. The lowest BCUT2D eigenvalue weighted by molar-refractivity contribution is 0.0691. The van der Waals surface area contributed by atoms with Crippen LogP contribution in [0.1, 0.15) is 46.1 Å². The molecular weight excluding hydrogens is 530 g/mol. The lowest BCUT2D eigenvalue weighted by Crippen LogP contribution is -2.22. The summed E-state index contributed by atoms with van der Waals surface area (Å²) in [4.78, 5) is 47.5. The monoisotopic (exact) mass is 555 g/mol. The molecule has 0 fully saturated rings. The molecule has 0 unspecified atom stereocenters. The number of hydrogen-bond acceptors (Lipinski definition) is 8. The van der Waals surface area contributed by atoms with Gasteiger partial charge in [-0.3, -0.25) is 14.3 Å². The number of anilines is 1. The number of carboxylic acid groups (broad SMARTS) is 1. The predicted molar refractivity (Wildman–Crippen MR) is 154 cm³/mol. The molecule has 0 amide bonds. The van der Waals surface area contributed by atoms with Crippen LogP contribution in [-0.4, -0.2) is 40.6 Å². The number of halogens is 1. The molecule has 1 aromatic carbocycles. The van der Waals surface area contributed by atoms with E-state index in [4.69, 9.17) is 16.6 Å². The first kappa shape index (κ1) is 26.9. The average Bonchev–Trinajstić information content (AvgIpc) is 2.91. The minimum absolute atomic E-state index is 0.0797. The maximum atomic E-state index is 13.5. The van der Waals surface area contributed by atoms with Crippen LogP contribution in [0, 0.1) is 20.8 Å². The lowest BCUT2D eigenvalue weighted by Gasteiger charge is -2.20. The highest BCUT2D eigenvalue weighted by Crippen LogP contribution is 2.29. The smallest absolute Gasteiger partial charge is 0.356 e. The maximum Gasteiger partial charge on any atom is 0.356 e. The van der Waals surface area contributed by atoms with E-state index in [1.165, 1.54) is 10.6 Å². The van der Waals surface area contributed by atoms with Gasteiger partial charge in [0.1, 0.15) is 16.8 Å². The Morgan fingerprint density at radius 3 is 2.45 bits per heavy atom. The van der Waals surface area contributed by atoms with Crippen LogP contribution in [0.15, 0.2) is 53.5 Å². The normalized spacial score (nSPS) is 11.9. The van der Waals surface area contributed by atoms with E-state index < -0.39 is 12.0 Å². The summed E-state index contributed by atoms with van der Waals surface area (Å²) in [6.07, 6.45) is 1.67. The predicted octanol–water partition coefficient (Wildman–Crippen LogP) is 5.30. The number of nitrogens with one attached hydrogen (secondary N) is 1. The third-order valence-electron chi connectivity index (χ3n) is 6.51. The molecule has 202 valence electrons. The van der Waals surface area contributed by atoms with Gasteiger partial charge in [0.2, 0.25) is 0 Å². The Morgan fingerprint density at radius 1 is 1.00 bits per heavy atom. The summed E-state index contributed by atoms with van der Waals surface area (Å²) in [5.74, 6) is -0.0954. The van der Waals surface area contributed by atoms with Gasteiger partial charge in [-0.25, -0.2) is 24.7 Å². The van der Waals surface area contributed by atoms with Crippen molar-refractivity contribution < 1.29 is 9.90 Å². The highest BCUT2D eigenvalue weighted by Gasteiger charge is 2.20. The van der Waals surface area contributed by atoms with E-state index in [9.17, 15) is 14.7 Å². The van der Waals surface area contributed by atoms with Gasteiger partial charge >= 0.3 is 5.97 Å². The number of rotatable bonds is 6. The zero-order valence-corrected chi connectivity index (χ0v) is 23.3. The molecular formula is C29H26ClN7O3. The number of carboxylic acids is 1. The Hall–Kier alpha value is -4.70. The van der Waals surface area contributed by atoms with Crippen LogP contribution in [0.4, 0.5) is 5.69 Å². The topological polar surface area (TPSA) is 136 Å². The van der Waals surface area contributed by atoms with Crippen LogP contribution in [0.5, 0.6) is 0 Å². The molecule has 0 saturated heterocycles. The van der Waals surface area contributed by atoms with Crippen molar-refractivity contribution in [2.75, 3.05) is 5.32 Å². The highest BCUT2D eigenvalue weighted by atomic mass is 35.5. The Kier molecular flexibility index (Phi) is 7.03. The van der Waals surface area contributed by atoms with Gasteiger partial charge in [0, 0.05) is 30.1 Å². The minimum atomic E-state index is -1.20. The van der Waals surface area contributed by atoms with Crippen LogP contribution < -0.4 is 10.9 Å². The van der Waals surface area contributed by atoms with Crippen molar-refractivity contribution in [3.8, 4) is 22.8 Å². The molecule has 0 radical (unpaired) electrons. The molecule has 4 heterocycles. The molecule has 2 N–H and O–H groups in total. The molecule has 5 rings (SSSR count). The molecule has 0 saturated carbocycles. The van der Waals surface area contributed by atoms with E-state index in [-0.39, 0.29) is 16.4 Å². The second-order valence-electron chi connectivity index (χ2n) is 9.63. The van der Waals surface area contributed by atoms with Gasteiger partial charge in [0.25, 0.3) is 5.56 Å². The third kappa shape index (κ3) is 5.13. The molecule has 1 atom stereocenters. The van der Waals surface area contributed by atoms with Crippen LogP contribution in [-0.2, 0) is 7.05 Å². The first-order valence-electron chi connectivity index (χ1n) is 12.5. The number of aromatic nitrogens is 6. The molecule has 5 aromatic rings. The van der Waals surface area contributed by atoms with Crippen LogP contribution in [0.25, 0.3) is 33.7 Å². The van der Waals surface area contributed by atoms with Crippen LogP contribution >= 0.6 is 11.6 Å². The fourth-order valence-corrected chi connectivity index (χ4v) is 4.84.